The topological polar surface area (TPSA) is 33.2 Å². The molecule has 0 aliphatic carbocycles. The lowest BCUT2D eigenvalue weighted by atomic mass is 10.0. The number of hydrogen-bond acceptors (Lipinski definition) is 3. The van der Waals surface area contributed by atoms with E-state index in [2.05, 4.69) is 9.88 Å². The zero-order valence-electron chi connectivity index (χ0n) is 9.23. The summed E-state index contributed by atoms with van der Waals surface area (Å²) in [6.45, 7) is 5.67. The van der Waals surface area contributed by atoms with E-state index in [-0.39, 0.29) is 5.54 Å². The average molecular weight is 204 g/mol. The van der Waals surface area contributed by atoms with Gasteiger partial charge in [0.05, 0.1) is 5.54 Å². The van der Waals surface area contributed by atoms with Gasteiger partial charge in [0.2, 0.25) is 0 Å². The Kier molecular flexibility index (Phi) is 2.57. The molecule has 15 heavy (non-hydrogen) atoms. The normalized spacial score (nSPS) is 20.8. The predicted molar refractivity (Wildman–Crippen MR) is 58.4 cm³/mol. The zero-order chi connectivity index (χ0) is 10.9. The second-order valence-electron chi connectivity index (χ2n) is 4.52. The van der Waals surface area contributed by atoms with Crippen LogP contribution in [0.3, 0.4) is 0 Å². The van der Waals surface area contributed by atoms with Crippen molar-refractivity contribution in [1.29, 1.82) is 0 Å². The van der Waals surface area contributed by atoms with Crippen LogP contribution in [0.15, 0.2) is 24.5 Å². The summed E-state index contributed by atoms with van der Waals surface area (Å²) in [5.74, 6) is 0.339. The maximum atomic E-state index is 11.6. The van der Waals surface area contributed by atoms with E-state index in [9.17, 15) is 4.79 Å². The number of hydrogen-bond donors (Lipinski definition) is 0. The Labute approximate surface area is 90.1 Å². The molecule has 0 spiro atoms. The molecule has 3 heteroatoms. The highest BCUT2D eigenvalue weighted by Gasteiger charge is 2.39. The van der Waals surface area contributed by atoms with E-state index in [1.54, 1.807) is 6.20 Å². The Morgan fingerprint density at radius 2 is 2.33 bits per heavy atom. The second kappa shape index (κ2) is 3.74. The van der Waals surface area contributed by atoms with Crippen LogP contribution in [-0.4, -0.2) is 27.8 Å². The van der Waals surface area contributed by atoms with E-state index in [0.29, 0.717) is 12.2 Å². The number of pyridine rings is 1. The van der Waals surface area contributed by atoms with Gasteiger partial charge in [0, 0.05) is 31.9 Å². The van der Waals surface area contributed by atoms with E-state index >= 15 is 0 Å². The molecular weight excluding hydrogens is 188 g/mol. The van der Waals surface area contributed by atoms with Gasteiger partial charge in [-0.25, -0.2) is 0 Å². The summed E-state index contributed by atoms with van der Waals surface area (Å²) in [5.41, 5.74) is 0.857. The summed E-state index contributed by atoms with van der Waals surface area (Å²) < 4.78 is 0. The van der Waals surface area contributed by atoms with Crippen LogP contribution in [0.25, 0.3) is 0 Å². The zero-order valence-corrected chi connectivity index (χ0v) is 9.23. The molecule has 1 aliphatic heterocycles. The van der Waals surface area contributed by atoms with Gasteiger partial charge in [-0.2, -0.15) is 0 Å². The van der Waals surface area contributed by atoms with Crippen molar-refractivity contribution in [2.24, 2.45) is 0 Å². The molecule has 1 aromatic heterocycles. The summed E-state index contributed by atoms with van der Waals surface area (Å²) in [4.78, 5) is 17.9. The van der Waals surface area contributed by atoms with Crippen molar-refractivity contribution in [3.8, 4) is 0 Å². The number of ketones is 1. The Balaban J connectivity index is 2.11. The van der Waals surface area contributed by atoms with Gasteiger partial charge in [-0.3, -0.25) is 14.7 Å². The number of rotatable bonds is 2. The van der Waals surface area contributed by atoms with Gasteiger partial charge < -0.3 is 0 Å². The SMILES string of the molecule is CC1(C)C(=O)CCN1Cc1cccnc1. The van der Waals surface area contributed by atoms with E-state index in [1.165, 1.54) is 5.56 Å². The average Bonchev–Trinajstić information content (AvgIpc) is 2.47. The van der Waals surface area contributed by atoms with E-state index < -0.39 is 0 Å². The van der Waals surface area contributed by atoms with Crippen LogP contribution in [0.1, 0.15) is 25.8 Å². The highest BCUT2D eigenvalue weighted by Crippen LogP contribution is 2.26. The first-order chi connectivity index (χ1) is 7.10. The molecule has 0 aromatic carbocycles. The van der Waals surface area contributed by atoms with E-state index in [4.69, 9.17) is 0 Å². The van der Waals surface area contributed by atoms with Crippen LogP contribution in [0, 0.1) is 0 Å². The first kappa shape index (κ1) is 10.3. The van der Waals surface area contributed by atoms with E-state index in [1.807, 2.05) is 32.2 Å². The Bertz CT molecular complexity index is 359. The molecule has 1 aromatic rings. The van der Waals surface area contributed by atoms with Crippen molar-refractivity contribution >= 4 is 5.78 Å². The molecule has 2 heterocycles. The van der Waals surface area contributed by atoms with Gasteiger partial charge in [-0.05, 0) is 25.5 Å². The minimum Gasteiger partial charge on any atom is -0.298 e. The molecule has 1 fully saturated rings. The number of aromatic nitrogens is 1. The van der Waals surface area contributed by atoms with Crippen molar-refractivity contribution in [1.82, 2.24) is 9.88 Å². The summed E-state index contributed by atoms with van der Waals surface area (Å²) in [5, 5.41) is 0. The fraction of sp³-hybridized carbons (Fsp3) is 0.500. The molecule has 0 bridgehead atoms. The number of nitrogens with zero attached hydrogens (tertiary/aromatic N) is 2. The summed E-state index contributed by atoms with van der Waals surface area (Å²) in [7, 11) is 0. The van der Waals surface area contributed by atoms with Gasteiger partial charge in [-0.1, -0.05) is 6.07 Å². The van der Waals surface area contributed by atoms with Crippen LogP contribution in [0.5, 0.6) is 0 Å². The quantitative estimate of drug-likeness (QED) is 0.734. The van der Waals surface area contributed by atoms with Gasteiger partial charge in [0.25, 0.3) is 0 Å². The molecule has 2 rings (SSSR count). The first-order valence-corrected chi connectivity index (χ1v) is 5.28. The number of carbonyl (C=O) groups excluding carboxylic acids is 1. The van der Waals surface area contributed by atoms with Gasteiger partial charge in [-0.15, -0.1) is 0 Å². The Morgan fingerprint density at radius 3 is 2.87 bits per heavy atom. The van der Waals surface area contributed by atoms with Crippen molar-refractivity contribution in [3.05, 3.63) is 30.1 Å². The van der Waals surface area contributed by atoms with Crippen molar-refractivity contribution in [2.75, 3.05) is 6.54 Å². The van der Waals surface area contributed by atoms with Gasteiger partial charge in [0.1, 0.15) is 0 Å². The maximum absolute atomic E-state index is 11.6. The van der Waals surface area contributed by atoms with Crippen molar-refractivity contribution < 1.29 is 4.79 Å². The van der Waals surface area contributed by atoms with Crippen LogP contribution >= 0.6 is 0 Å². The third-order valence-electron chi connectivity index (χ3n) is 3.18. The predicted octanol–water partition coefficient (Wildman–Crippen LogP) is 1.64. The highest BCUT2D eigenvalue weighted by molar-refractivity contribution is 5.89. The van der Waals surface area contributed by atoms with Crippen LogP contribution in [0.2, 0.25) is 0 Å². The highest BCUT2D eigenvalue weighted by atomic mass is 16.1. The first-order valence-electron chi connectivity index (χ1n) is 5.28. The van der Waals surface area contributed by atoms with Gasteiger partial charge >= 0.3 is 0 Å². The Hall–Kier alpha value is -1.22. The van der Waals surface area contributed by atoms with Gasteiger partial charge in [0.15, 0.2) is 5.78 Å². The van der Waals surface area contributed by atoms with E-state index in [0.717, 1.165) is 13.1 Å². The van der Waals surface area contributed by atoms with Crippen LogP contribution in [0.4, 0.5) is 0 Å². The second-order valence-corrected chi connectivity index (χ2v) is 4.52. The molecule has 0 atom stereocenters. The fourth-order valence-electron chi connectivity index (χ4n) is 1.99. The summed E-state index contributed by atoms with van der Waals surface area (Å²) in [6.07, 6.45) is 4.30. The van der Waals surface area contributed by atoms with Crippen LogP contribution < -0.4 is 0 Å². The largest absolute Gasteiger partial charge is 0.298 e. The molecule has 1 saturated heterocycles. The third kappa shape index (κ3) is 1.92. The van der Waals surface area contributed by atoms with Crippen molar-refractivity contribution in [3.63, 3.8) is 0 Å². The number of likely N-dealkylation sites (tertiary alicyclic amines) is 1. The lowest BCUT2D eigenvalue weighted by molar-refractivity contribution is -0.123. The molecular formula is C12H16N2O. The molecule has 0 radical (unpaired) electrons. The molecule has 3 nitrogen and oxygen atoms in total. The smallest absolute Gasteiger partial charge is 0.153 e. The Morgan fingerprint density at radius 1 is 1.53 bits per heavy atom. The number of carbonyl (C=O) groups is 1. The minimum atomic E-state index is -0.310. The molecule has 80 valence electrons. The van der Waals surface area contributed by atoms with Crippen molar-refractivity contribution in [2.45, 2.75) is 32.4 Å². The lowest BCUT2D eigenvalue weighted by Gasteiger charge is -2.29. The number of Topliss-reactive ketones (excluding diaryl/α,β-unsaturated/α-hetero) is 1. The van der Waals surface area contributed by atoms with Crippen LogP contribution in [-0.2, 0) is 11.3 Å². The minimum absolute atomic E-state index is 0.310. The fourth-order valence-corrected chi connectivity index (χ4v) is 1.99. The molecule has 0 amide bonds. The molecule has 1 aliphatic rings. The summed E-state index contributed by atoms with van der Waals surface area (Å²) >= 11 is 0. The molecule has 0 N–H and O–H groups in total. The lowest BCUT2D eigenvalue weighted by Crippen LogP contribution is -2.42. The standard InChI is InChI=1S/C12H16N2O/c1-12(2)11(15)5-7-14(12)9-10-4-3-6-13-8-10/h3-4,6,8H,5,7,9H2,1-2H3. The molecule has 0 saturated carbocycles. The molecule has 0 unspecified atom stereocenters. The monoisotopic (exact) mass is 204 g/mol. The third-order valence-corrected chi connectivity index (χ3v) is 3.18. The summed E-state index contributed by atoms with van der Waals surface area (Å²) in [6, 6.07) is 3.98. The maximum Gasteiger partial charge on any atom is 0.153 e.